The zero-order valence-corrected chi connectivity index (χ0v) is 30.0. The van der Waals surface area contributed by atoms with E-state index in [2.05, 4.69) is 15.3 Å². The number of hydrogen-bond acceptors (Lipinski definition) is 7. The monoisotopic (exact) mass is 706 g/mol. The largest absolute Gasteiger partial charge is 0.444 e. The molecule has 4 aliphatic rings. The highest BCUT2D eigenvalue weighted by atomic mass is 35.5. The Hall–Kier alpha value is -2.57. The van der Waals surface area contributed by atoms with Gasteiger partial charge in [0.2, 0.25) is 15.9 Å². The van der Waals surface area contributed by atoms with Crippen molar-refractivity contribution in [1.82, 2.24) is 14.5 Å². The molecule has 4 fully saturated rings. The van der Waals surface area contributed by atoms with Gasteiger partial charge < -0.3 is 19.7 Å². The van der Waals surface area contributed by atoms with Crippen LogP contribution in [0.5, 0.6) is 0 Å². The van der Waals surface area contributed by atoms with Gasteiger partial charge in [-0.1, -0.05) is 41.7 Å². The minimum Gasteiger partial charge on any atom is -0.444 e. The second kappa shape index (κ2) is 16.0. The summed E-state index contributed by atoms with van der Waals surface area (Å²) in [5.74, 6) is -0.322. The van der Waals surface area contributed by atoms with Gasteiger partial charge in [-0.2, -0.15) is 4.31 Å². The topological polar surface area (TPSA) is 154 Å². The van der Waals surface area contributed by atoms with Gasteiger partial charge in [0.25, 0.3) is 0 Å². The van der Waals surface area contributed by atoms with E-state index in [4.69, 9.17) is 21.1 Å². The van der Waals surface area contributed by atoms with E-state index in [-0.39, 0.29) is 60.6 Å². The van der Waals surface area contributed by atoms with Crippen molar-refractivity contribution in [3.05, 3.63) is 45.3 Å². The van der Waals surface area contributed by atoms with Crippen LogP contribution in [0.4, 0.5) is 4.79 Å². The second-order valence-corrected chi connectivity index (χ2v) is 17.4. The lowest BCUT2D eigenvalue weighted by Crippen LogP contribution is -2.60. The maximum Gasteiger partial charge on any atom is 0.410 e. The van der Waals surface area contributed by atoms with Crippen LogP contribution in [0.15, 0.2) is 29.4 Å². The minimum absolute atomic E-state index is 0.0764. The first-order chi connectivity index (χ1) is 22.9. The van der Waals surface area contributed by atoms with Gasteiger partial charge in [-0.25, -0.2) is 13.2 Å². The first kappa shape index (κ1) is 36.7. The third-order valence-electron chi connectivity index (χ3n) is 10.5. The number of ether oxygens (including phenoxy) is 2. The van der Waals surface area contributed by atoms with E-state index in [0.717, 1.165) is 44.1 Å². The van der Waals surface area contributed by atoms with Crippen LogP contribution in [0.3, 0.4) is 0 Å². The van der Waals surface area contributed by atoms with E-state index in [0.29, 0.717) is 43.9 Å². The molecular formula is C34H51ClN6O6S. The molecule has 1 aromatic carbocycles. The highest BCUT2D eigenvalue weighted by Gasteiger charge is 2.45. The van der Waals surface area contributed by atoms with Gasteiger partial charge in [-0.3, -0.25) is 4.79 Å². The molecular weight excluding hydrogens is 656 g/mol. The smallest absolute Gasteiger partial charge is 0.410 e. The molecule has 2 amide bonds. The fraction of sp³-hybridized carbons (Fsp3) is 0.765. The van der Waals surface area contributed by atoms with Crippen LogP contribution in [0, 0.1) is 11.8 Å². The van der Waals surface area contributed by atoms with Gasteiger partial charge >= 0.3 is 6.09 Å². The second-order valence-electron chi connectivity index (χ2n) is 14.9. The van der Waals surface area contributed by atoms with Crippen LogP contribution < -0.4 is 5.32 Å². The molecule has 1 aromatic rings. The molecule has 3 aliphatic heterocycles. The summed E-state index contributed by atoms with van der Waals surface area (Å²) in [5.41, 5.74) is 9.86. The van der Waals surface area contributed by atoms with Crippen molar-refractivity contribution < 1.29 is 27.5 Å². The summed E-state index contributed by atoms with van der Waals surface area (Å²) in [4.78, 5) is 32.2. The predicted octanol–water partition coefficient (Wildman–Crippen LogP) is 6.40. The van der Waals surface area contributed by atoms with Crippen molar-refractivity contribution in [1.29, 1.82) is 0 Å². The number of fused-ring (bicyclic) bond motifs is 2. The predicted molar refractivity (Wildman–Crippen MR) is 184 cm³/mol. The number of benzene rings is 1. The summed E-state index contributed by atoms with van der Waals surface area (Å²) in [6.45, 7) is 7.25. The maximum absolute atomic E-state index is 14.1. The molecule has 1 saturated carbocycles. The van der Waals surface area contributed by atoms with Crippen molar-refractivity contribution in [3.8, 4) is 0 Å². The summed E-state index contributed by atoms with van der Waals surface area (Å²) < 4.78 is 39.6. The third-order valence-corrected chi connectivity index (χ3v) is 12.7. The molecule has 1 unspecified atom stereocenters. The molecule has 3 saturated heterocycles. The number of rotatable bonds is 9. The highest BCUT2D eigenvalue weighted by molar-refractivity contribution is 7.89. The van der Waals surface area contributed by atoms with Crippen molar-refractivity contribution in [2.75, 3.05) is 32.1 Å². The number of hydrogen-bond donors (Lipinski definition) is 1. The van der Waals surface area contributed by atoms with E-state index in [1.54, 1.807) is 21.3 Å². The molecule has 0 aromatic heterocycles. The average Bonchev–Trinajstić information content (AvgIpc) is 3.17. The van der Waals surface area contributed by atoms with Gasteiger partial charge in [0.1, 0.15) is 11.6 Å². The number of sulfonamides is 1. The van der Waals surface area contributed by atoms with Crippen molar-refractivity contribution in [2.45, 2.75) is 121 Å². The highest BCUT2D eigenvalue weighted by Crippen LogP contribution is 2.38. The SMILES string of the molecule is CC(C)(C)OC(=O)N1C[C@H](CC[C@H]2CCCC[C@@H]2NC(=O)[C@@H](N=[N+]=[N-])[C@@H](c2ccc(Cl)cc2)C2CCOCC2)N2C[C@H]1CCCS2(=O)=O. The van der Waals surface area contributed by atoms with Crippen molar-refractivity contribution in [3.63, 3.8) is 0 Å². The number of halogens is 1. The molecule has 3 heterocycles. The first-order valence-corrected chi connectivity index (χ1v) is 19.5. The summed E-state index contributed by atoms with van der Waals surface area (Å²) in [5, 5.41) is 7.97. The van der Waals surface area contributed by atoms with Gasteiger partial charge in [0.05, 0.1) is 5.75 Å². The number of piperazine rings is 1. The minimum atomic E-state index is -3.46. The fourth-order valence-corrected chi connectivity index (χ4v) is 10.1. The van der Waals surface area contributed by atoms with E-state index in [1.807, 2.05) is 32.9 Å². The van der Waals surface area contributed by atoms with Crippen LogP contribution in [-0.2, 0) is 24.3 Å². The summed E-state index contributed by atoms with van der Waals surface area (Å²) in [6, 6.07) is 5.76. The molecule has 5 rings (SSSR count). The Morgan fingerprint density at radius 1 is 1.06 bits per heavy atom. The lowest BCUT2D eigenvalue weighted by molar-refractivity contribution is -0.124. The average molecular weight is 707 g/mol. The number of nitrogens with one attached hydrogen (secondary N) is 1. The molecule has 0 radical (unpaired) electrons. The number of carbonyl (C=O) groups is 2. The Morgan fingerprint density at radius 3 is 2.46 bits per heavy atom. The maximum atomic E-state index is 14.1. The van der Waals surface area contributed by atoms with Crippen LogP contribution in [-0.4, -0.2) is 91.4 Å². The van der Waals surface area contributed by atoms with Crippen molar-refractivity contribution >= 4 is 33.6 Å². The van der Waals surface area contributed by atoms with Crippen molar-refractivity contribution in [2.24, 2.45) is 17.0 Å². The Kier molecular flexibility index (Phi) is 12.2. The first-order valence-electron chi connectivity index (χ1n) is 17.5. The Morgan fingerprint density at radius 2 is 1.77 bits per heavy atom. The van der Waals surface area contributed by atoms with E-state index >= 15 is 0 Å². The van der Waals surface area contributed by atoms with E-state index < -0.39 is 27.8 Å². The normalized spacial score (nSPS) is 29.1. The van der Waals surface area contributed by atoms with Gasteiger partial charge in [0.15, 0.2) is 0 Å². The molecule has 2 bridgehead atoms. The van der Waals surface area contributed by atoms with Gasteiger partial charge in [-0.15, -0.1) is 0 Å². The molecule has 7 atom stereocenters. The number of azide groups is 1. The van der Waals surface area contributed by atoms with Gasteiger partial charge in [0, 0.05) is 60.3 Å². The van der Waals surface area contributed by atoms with Crippen LogP contribution in [0.25, 0.3) is 10.4 Å². The standard InChI is InChI=1S/C34H51ClN6O6S/c1-34(2,3)47-33(43)40-21-28(41-22-27(40)8-6-20-48(41,44)45)15-12-23-7-4-5-9-29(23)37-32(42)31(38-39-36)30(25-16-18-46-19-17-25)24-10-13-26(35)14-11-24/h10-11,13-14,23,25,27-31H,4-9,12,15-22H2,1-3H3,(H,37,42)/t23-,27-,28+,29+,30+,31+/m1/s1. The molecule has 12 nitrogen and oxygen atoms in total. The molecule has 266 valence electrons. The van der Waals surface area contributed by atoms with Crippen LogP contribution in [0.2, 0.25) is 5.02 Å². The number of nitrogens with zero attached hydrogens (tertiary/aromatic N) is 5. The number of amides is 2. The molecule has 1 N–H and O–H groups in total. The zero-order chi connectivity index (χ0) is 34.5. The molecule has 14 heteroatoms. The quantitative estimate of drug-likeness (QED) is 0.178. The van der Waals surface area contributed by atoms with Gasteiger partial charge in [-0.05, 0) is 107 Å². The van der Waals surface area contributed by atoms with E-state index in [1.165, 1.54) is 0 Å². The molecule has 48 heavy (non-hydrogen) atoms. The lowest BCUT2D eigenvalue weighted by Gasteiger charge is -2.45. The lowest BCUT2D eigenvalue weighted by atomic mass is 9.76. The summed E-state index contributed by atoms with van der Waals surface area (Å²) in [7, 11) is -3.46. The third kappa shape index (κ3) is 9.15. The Balaban J connectivity index is 1.32. The zero-order valence-electron chi connectivity index (χ0n) is 28.4. The Bertz CT molecular complexity index is 1430. The summed E-state index contributed by atoms with van der Waals surface area (Å²) in [6.07, 6.45) is 7.17. The van der Waals surface area contributed by atoms with Crippen LogP contribution >= 0.6 is 11.6 Å². The fourth-order valence-electron chi connectivity index (χ4n) is 8.14. The van der Waals surface area contributed by atoms with E-state index in [9.17, 15) is 23.5 Å². The Labute approximate surface area is 289 Å². The van der Waals surface area contributed by atoms with Crippen LogP contribution in [0.1, 0.15) is 96.5 Å². The molecule has 0 spiro atoms. The molecule has 1 aliphatic carbocycles. The number of carbonyl (C=O) groups excluding carboxylic acids is 2. The summed E-state index contributed by atoms with van der Waals surface area (Å²) >= 11 is 6.19.